The van der Waals surface area contributed by atoms with Gasteiger partial charge in [-0.2, -0.15) is 0 Å². The van der Waals surface area contributed by atoms with E-state index < -0.39 is 0 Å². The predicted molar refractivity (Wildman–Crippen MR) is 81.8 cm³/mol. The van der Waals surface area contributed by atoms with Gasteiger partial charge in [-0.25, -0.2) is 0 Å². The number of hydrogen-bond acceptors (Lipinski definition) is 1. The Morgan fingerprint density at radius 1 is 1.00 bits per heavy atom. The van der Waals surface area contributed by atoms with Gasteiger partial charge in [-0.1, -0.05) is 65.2 Å². The van der Waals surface area contributed by atoms with Crippen LogP contribution in [0.1, 0.15) is 78.1 Å². The van der Waals surface area contributed by atoms with Crippen LogP contribution in [0.15, 0.2) is 0 Å². The molecule has 0 saturated heterocycles. The Morgan fingerprint density at radius 3 is 2.17 bits per heavy atom. The smallest absolute Gasteiger partial charge is 0.182 e. The molecule has 0 amide bonds. The molecule has 0 bridgehead atoms. The molecule has 1 aliphatic rings. The average Bonchev–Trinajstić information content (AvgIpc) is 2.28. The Kier molecular flexibility index (Phi) is 8.05. The SMILES string of the molecule is [B]N(C)C1CC(C(CCCC)CCCCCC)C1. The molecule has 0 heterocycles. The summed E-state index contributed by atoms with van der Waals surface area (Å²) in [4.78, 5) is 1.92. The first kappa shape index (κ1) is 16.1. The molecule has 2 radical (unpaired) electrons. The van der Waals surface area contributed by atoms with Crippen LogP contribution in [0.25, 0.3) is 0 Å². The summed E-state index contributed by atoms with van der Waals surface area (Å²) in [6, 6.07) is 0.662. The van der Waals surface area contributed by atoms with Crippen molar-refractivity contribution in [2.75, 3.05) is 7.05 Å². The predicted octanol–water partition coefficient (Wildman–Crippen LogP) is 4.56. The second kappa shape index (κ2) is 9.01. The first-order valence-corrected chi connectivity index (χ1v) is 8.16. The van der Waals surface area contributed by atoms with Crippen LogP contribution in [0, 0.1) is 11.8 Å². The van der Waals surface area contributed by atoms with E-state index in [0.29, 0.717) is 6.04 Å². The van der Waals surface area contributed by atoms with Crippen molar-refractivity contribution in [2.24, 2.45) is 11.8 Å². The highest BCUT2D eigenvalue weighted by Crippen LogP contribution is 2.40. The van der Waals surface area contributed by atoms with Gasteiger partial charge >= 0.3 is 0 Å². The molecule has 1 aliphatic carbocycles. The molecule has 1 atom stereocenters. The Balaban J connectivity index is 2.23. The molecule has 0 spiro atoms. The van der Waals surface area contributed by atoms with Crippen molar-refractivity contribution in [1.29, 1.82) is 0 Å². The Labute approximate surface area is 116 Å². The first-order valence-electron chi connectivity index (χ1n) is 8.16. The Bertz CT molecular complexity index is 199. The maximum atomic E-state index is 5.83. The van der Waals surface area contributed by atoms with Crippen molar-refractivity contribution < 1.29 is 0 Å². The van der Waals surface area contributed by atoms with E-state index in [9.17, 15) is 0 Å². The van der Waals surface area contributed by atoms with E-state index in [2.05, 4.69) is 13.8 Å². The van der Waals surface area contributed by atoms with Crippen LogP contribution in [-0.2, 0) is 0 Å². The number of nitrogens with zero attached hydrogens (tertiary/aromatic N) is 1. The number of unbranched alkanes of at least 4 members (excludes halogenated alkanes) is 4. The molecule has 0 aromatic heterocycles. The van der Waals surface area contributed by atoms with Gasteiger partial charge in [0.25, 0.3) is 0 Å². The molecular weight excluding hydrogens is 217 g/mol. The zero-order chi connectivity index (χ0) is 13.4. The van der Waals surface area contributed by atoms with Crippen LogP contribution in [0.4, 0.5) is 0 Å². The maximum absolute atomic E-state index is 5.83. The molecule has 1 unspecified atom stereocenters. The van der Waals surface area contributed by atoms with Gasteiger partial charge in [-0.3, -0.25) is 0 Å². The van der Waals surface area contributed by atoms with Crippen LogP contribution in [0.2, 0.25) is 0 Å². The lowest BCUT2D eigenvalue weighted by molar-refractivity contribution is 0.0981. The third kappa shape index (κ3) is 5.34. The summed E-state index contributed by atoms with van der Waals surface area (Å²) in [6.45, 7) is 4.60. The molecule has 1 fully saturated rings. The summed E-state index contributed by atoms with van der Waals surface area (Å²) < 4.78 is 0. The minimum Gasteiger partial charge on any atom is -0.354 e. The minimum atomic E-state index is 0.662. The van der Waals surface area contributed by atoms with Gasteiger partial charge in [-0.05, 0) is 37.8 Å². The molecule has 0 aliphatic heterocycles. The third-order valence-corrected chi connectivity index (χ3v) is 4.75. The molecule has 104 valence electrons. The van der Waals surface area contributed by atoms with Crippen LogP contribution in [0.5, 0.6) is 0 Å². The summed E-state index contributed by atoms with van der Waals surface area (Å²) >= 11 is 0. The van der Waals surface area contributed by atoms with Gasteiger partial charge in [-0.15, -0.1) is 0 Å². The molecule has 2 heteroatoms. The van der Waals surface area contributed by atoms with Gasteiger partial charge in [0.05, 0.1) is 0 Å². The number of rotatable bonds is 10. The van der Waals surface area contributed by atoms with Crippen molar-refractivity contribution in [3.05, 3.63) is 0 Å². The quantitative estimate of drug-likeness (QED) is 0.405. The fraction of sp³-hybridized carbons (Fsp3) is 1.00. The first-order chi connectivity index (χ1) is 8.69. The monoisotopic (exact) mass is 249 g/mol. The van der Waals surface area contributed by atoms with Crippen molar-refractivity contribution in [3.63, 3.8) is 0 Å². The Morgan fingerprint density at radius 2 is 1.61 bits per heavy atom. The van der Waals surface area contributed by atoms with Crippen molar-refractivity contribution >= 4 is 7.98 Å². The lowest BCUT2D eigenvalue weighted by Gasteiger charge is -2.44. The lowest BCUT2D eigenvalue weighted by atomic mass is 9.68. The molecule has 0 N–H and O–H groups in total. The van der Waals surface area contributed by atoms with Gasteiger partial charge in [0.2, 0.25) is 0 Å². The van der Waals surface area contributed by atoms with E-state index >= 15 is 0 Å². The topological polar surface area (TPSA) is 3.24 Å². The second-order valence-electron chi connectivity index (χ2n) is 6.30. The van der Waals surface area contributed by atoms with E-state index in [4.69, 9.17) is 7.98 Å². The highest BCUT2D eigenvalue weighted by Gasteiger charge is 2.34. The fourth-order valence-corrected chi connectivity index (χ4v) is 3.26. The highest BCUT2D eigenvalue weighted by molar-refractivity contribution is 6.04. The highest BCUT2D eigenvalue weighted by atomic mass is 15.0. The maximum Gasteiger partial charge on any atom is 0.182 e. The molecule has 1 nitrogen and oxygen atoms in total. The summed E-state index contributed by atoms with van der Waals surface area (Å²) in [5, 5.41) is 0. The molecule has 0 aromatic carbocycles. The van der Waals surface area contributed by atoms with Crippen LogP contribution in [0.3, 0.4) is 0 Å². The van der Waals surface area contributed by atoms with Crippen molar-refractivity contribution in [2.45, 2.75) is 84.1 Å². The fourth-order valence-electron chi connectivity index (χ4n) is 3.26. The van der Waals surface area contributed by atoms with Crippen molar-refractivity contribution in [3.8, 4) is 0 Å². The normalized spacial score (nSPS) is 25.1. The van der Waals surface area contributed by atoms with Crippen molar-refractivity contribution in [1.82, 2.24) is 4.81 Å². The van der Waals surface area contributed by atoms with E-state index in [0.717, 1.165) is 11.8 Å². The van der Waals surface area contributed by atoms with Crippen LogP contribution >= 0.6 is 0 Å². The van der Waals surface area contributed by atoms with Gasteiger partial charge in [0.1, 0.15) is 0 Å². The van der Waals surface area contributed by atoms with Crippen LogP contribution < -0.4 is 0 Å². The summed E-state index contributed by atoms with van der Waals surface area (Å²) in [6.07, 6.45) is 14.0. The van der Waals surface area contributed by atoms with Gasteiger partial charge < -0.3 is 4.81 Å². The molecule has 1 rings (SSSR count). The zero-order valence-electron chi connectivity index (χ0n) is 12.8. The summed E-state index contributed by atoms with van der Waals surface area (Å²) in [5.41, 5.74) is 0. The number of hydrogen-bond donors (Lipinski definition) is 0. The standard InChI is InChI=1S/C16H32BN/c1-4-6-8-9-11-14(10-7-5-2)15-12-16(13-15)18(3)17/h14-16H,4-13H2,1-3H3. The second-order valence-corrected chi connectivity index (χ2v) is 6.30. The van der Waals surface area contributed by atoms with Crippen LogP contribution in [-0.4, -0.2) is 25.9 Å². The molecule has 18 heavy (non-hydrogen) atoms. The third-order valence-electron chi connectivity index (χ3n) is 4.75. The van der Waals surface area contributed by atoms with Gasteiger partial charge in [0.15, 0.2) is 7.98 Å². The van der Waals surface area contributed by atoms with E-state index in [1.165, 1.54) is 64.2 Å². The molecule has 1 saturated carbocycles. The lowest BCUT2D eigenvalue weighted by Crippen LogP contribution is -2.43. The van der Waals surface area contributed by atoms with Gasteiger partial charge in [0, 0.05) is 0 Å². The summed E-state index contributed by atoms with van der Waals surface area (Å²) in [5.74, 6) is 1.95. The zero-order valence-corrected chi connectivity index (χ0v) is 12.8. The van der Waals surface area contributed by atoms with E-state index in [1.54, 1.807) is 0 Å². The Hall–Kier alpha value is 0.0249. The molecule has 0 aromatic rings. The van der Waals surface area contributed by atoms with E-state index in [-0.39, 0.29) is 0 Å². The van der Waals surface area contributed by atoms with E-state index in [1.807, 2.05) is 11.9 Å². The largest absolute Gasteiger partial charge is 0.354 e. The average molecular weight is 249 g/mol. The summed E-state index contributed by atoms with van der Waals surface area (Å²) in [7, 11) is 7.85. The molecular formula is C16H32BN. The minimum absolute atomic E-state index is 0.662.